The number of hydrogen-bond donors (Lipinski definition) is 0. The van der Waals surface area contributed by atoms with E-state index in [0.29, 0.717) is 0 Å². The lowest BCUT2D eigenvalue weighted by molar-refractivity contribution is 1.09. The Balaban J connectivity index is 0. The van der Waals surface area contributed by atoms with Crippen molar-refractivity contribution in [3.05, 3.63) is 112 Å². The van der Waals surface area contributed by atoms with Crippen molar-refractivity contribution >= 4 is 5.57 Å². The minimum Gasteiger partial charge on any atom is -0.0958 e. The van der Waals surface area contributed by atoms with Gasteiger partial charge < -0.3 is 0 Å². The maximum absolute atomic E-state index is 4.14. The third kappa shape index (κ3) is 11.7. The quantitative estimate of drug-likeness (QED) is 0.421. The van der Waals surface area contributed by atoms with Crippen LogP contribution in [0.5, 0.6) is 0 Å². The summed E-state index contributed by atoms with van der Waals surface area (Å²) in [6, 6.07) is 18.8. The first-order chi connectivity index (χ1) is 15.1. The molecule has 0 bridgehead atoms. The van der Waals surface area contributed by atoms with Crippen molar-refractivity contribution in [2.24, 2.45) is 0 Å². The van der Waals surface area contributed by atoms with E-state index in [9.17, 15) is 0 Å². The number of hydrogen-bond acceptors (Lipinski definition) is 0. The van der Waals surface area contributed by atoms with Crippen LogP contribution in [0, 0.1) is 13.8 Å². The molecule has 0 unspecified atom stereocenters. The van der Waals surface area contributed by atoms with E-state index in [4.69, 9.17) is 0 Å². The lowest BCUT2D eigenvalue weighted by atomic mass is 9.86. The van der Waals surface area contributed by atoms with E-state index >= 15 is 0 Å². The van der Waals surface area contributed by atoms with E-state index in [1.54, 1.807) is 0 Å². The predicted molar refractivity (Wildman–Crippen MR) is 150 cm³/mol. The summed E-state index contributed by atoms with van der Waals surface area (Å²) in [6.45, 7) is 31.3. The summed E-state index contributed by atoms with van der Waals surface area (Å²) >= 11 is 0. The molecule has 176 valence electrons. The van der Waals surface area contributed by atoms with Crippen LogP contribution in [0.15, 0.2) is 95.6 Å². The van der Waals surface area contributed by atoms with Gasteiger partial charge >= 0.3 is 0 Å². The standard InChI is InChI=1S/C19H24.C8H10.C3H8.C2H6/c1-13(2)16(7)19(17-11-9-8-10-12-17)18(14(3)4)15(5)6;1-7-5-3-4-6-8(7)2;1-3-2;1-2/h8-12H,1,3H2,2,4-7H3;3-6H,1-2H3;3H2,1-2H3;1-2H3/b19-16+;;;. The van der Waals surface area contributed by atoms with E-state index in [2.05, 4.69) is 124 Å². The van der Waals surface area contributed by atoms with Crippen LogP contribution in [0.1, 0.15) is 85.4 Å². The van der Waals surface area contributed by atoms with Crippen LogP contribution in [0.3, 0.4) is 0 Å². The van der Waals surface area contributed by atoms with Gasteiger partial charge in [0.25, 0.3) is 0 Å². The second-order valence-corrected chi connectivity index (χ2v) is 8.09. The highest BCUT2D eigenvalue weighted by molar-refractivity contribution is 5.87. The number of aryl methyl sites for hydroxylation is 2. The molecule has 0 aromatic heterocycles. The van der Waals surface area contributed by atoms with Gasteiger partial charge in [0.2, 0.25) is 0 Å². The molecule has 0 saturated carbocycles. The van der Waals surface area contributed by atoms with Crippen LogP contribution in [0.4, 0.5) is 0 Å². The molecule has 0 heterocycles. The molecule has 0 aliphatic carbocycles. The summed E-state index contributed by atoms with van der Waals surface area (Å²) in [5, 5.41) is 0. The molecular formula is C32H48. The fourth-order valence-electron chi connectivity index (χ4n) is 2.92. The van der Waals surface area contributed by atoms with Gasteiger partial charge in [-0.25, -0.2) is 0 Å². The highest BCUT2D eigenvalue weighted by Crippen LogP contribution is 2.34. The Kier molecular flexibility index (Phi) is 17.8. The molecule has 0 heteroatoms. The van der Waals surface area contributed by atoms with Gasteiger partial charge in [-0.15, -0.1) is 0 Å². The molecular weight excluding hydrogens is 384 g/mol. The number of benzene rings is 2. The van der Waals surface area contributed by atoms with Crippen molar-refractivity contribution in [3.8, 4) is 0 Å². The van der Waals surface area contributed by atoms with Gasteiger partial charge in [0.05, 0.1) is 0 Å². The largest absolute Gasteiger partial charge is 0.0958 e. The molecule has 0 radical (unpaired) electrons. The Morgan fingerprint density at radius 3 is 1.31 bits per heavy atom. The second kappa shape index (κ2) is 18.0. The highest BCUT2D eigenvalue weighted by Gasteiger charge is 2.14. The SMILES string of the molecule is C=C(C)C(=C(C)C)/C(=C(\C)C(=C)C)c1ccccc1.CC.CCC.Cc1ccccc1C. The molecule has 0 fully saturated rings. The summed E-state index contributed by atoms with van der Waals surface area (Å²) in [5.41, 5.74) is 11.2. The first-order valence-electron chi connectivity index (χ1n) is 11.9. The summed E-state index contributed by atoms with van der Waals surface area (Å²) in [5.74, 6) is 0. The van der Waals surface area contributed by atoms with Crippen LogP contribution in [0.2, 0.25) is 0 Å². The average Bonchev–Trinajstić information content (AvgIpc) is 2.76. The Morgan fingerprint density at radius 1 is 0.656 bits per heavy atom. The minimum atomic E-state index is 1.10. The van der Waals surface area contributed by atoms with E-state index in [0.717, 1.165) is 11.1 Å². The summed E-state index contributed by atoms with van der Waals surface area (Å²) in [7, 11) is 0. The molecule has 0 aliphatic rings. The van der Waals surface area contributed by atoms with Crippen LogP contribution in [-0.4, -0.2) is 0 Å². The first kappa shape index (κ1) is 31.6. The average molecular weight is 433 g/mol. The molecule has 32 heavy (non-hydrogen) atoms. The lowest BCUT2D eigenvalue weighted by Gasteiger charge is -2.19. The van der Waals surface area contributed by atoms with Crippen LogP contribution >= 0.6 is 0 Å². The maximum Gasteiger partial charge on any atom is -0.00779 e. The zero-order chi connectivity index (χ0) is 25.3. The van der Waals surface area contributed by atoms with Gasteiger partial charge in [-0.05, 0) is 81.9 Å². The Labute approximate surface area is 200 Å². The van der Waals surface area contributed by atoms with Crippen molar-refractivity contribution in [2.75, 3.05) is 0 Å². The van der Waals surface area contributed by atoms with Gasteiger partial charge in [-0.1, -0.05) is 119 Å². The zero-order valence-corrected chi connectivity index (χ0v) is 22.8. The Bertz CT molecular complexity index is 848. The van der Waals surface area contributed by atoms with Crippen LogP contribution in [-0.2, 0) is 0 Å². The Morgan fingerprint density at radius 2 is 1.03 bits per heavy atom. The molecule has 0 N–H and O–H groups in total. The van der Waals surface area contributed by atoms with Crippen LogP contribution in [0.25, 0.3) is 5.57 Å². The third-order valence-electron chi connectivity index (χ3n) is 4.68. The predicted octanol–water partition coefficient (Wildman–Crippen LogP) is 10.7. The van der Waals surface area contributed by atoms with Gasteiger partial charge in [0, 0.05) is 0 Å². The molecule has 0 amide bonds. The van der Waals surface area contributed by atoms with Gasteiger partial charge in [0.15, 0.2) is 0 Å². The van der Waals surface area contributed by atoms with Crippen molar-refractivity contribution in [1.82, 2.24) is 0 Å². The van der Waals surface area contributed by atoms with Crippen LogP contribution < -0.4 is 0 Å². The van der Waals surface area contributed by atoms with Crippen molar-refractivity contribution in [3.63, 3.8) is 0 Å². The monoisotopic (exact) mass is 432 g/mol. The summed E-state index contributed by atoms with van der Waals surface area (Å²) in [6.07, 6.45) is 1.25. The van der Waals surface area contributed by atoms with E-state index in [1.807, 2.05) is 19.9 Å². The first-order valence-corrected chi connectivity index (χ1v) is 11.9. The van der Waals surface area contributed by atoms with Gasteiger partial charge in [-0.3, -0.25) is 0 Å². The molecule has 2 aromatic rings. The van der Waals surface area contributed by atoms with Crippen molar-refractivity contribution in [1.29, 1.82) is 0 Å². The smallest absolute Gasteiger partial charge is 0.00779 e. The van der Waals surface area contributed by atoms with Crippen molar-refractivity contribution < 1.29 is 0 Å². The zero-order valence-electron chi connectivity index (χ0n) is 22.8. The number of allylic oxidation sites excluding steroid dienone is 6. The molecule has 0 spiro atoms. The molecule has 0 saturated heterocycles. The van der Waals surface area contributed by atoms with E-state index in [1.165, 1.54) is 45.4 Å². The van der Waals surface area contributed by atoms with Crippen molar-refractivity contribution in [2.45, 2.75) is 82.6 Å². The van der Waals surface area contributed by atoms with E-state index < -0.39 is 0 Å². The summed E-state index contributed by atoms with van der Waals surface area (Å²) in [4.78, 5) is 0. The minimum absolute atomic E-state index is 1.10. The molecule has 2 rings (SSSR count). The fourth-order valence-corrected chi connectivity index (χ4v) is 2.92. The second-order valence-electron chi connectivity index (χ2n) is 8.09. The Hall–Kier alpha value is -2.60. The third-order valence-corrected chi connectivity index (χ3v) is 4.68. The van der Waals surface area contributed by atoms with E-state index in [-0.39, 0.29) is 0 Å². The molecule has 0 atom stereocenters. The normalized spacial score (nSPS) is 9.97. The molecule has 0 nitrogen and oxygen atoms in total. The van der Waals surface area contributed by atoms with Gasteiger partial charge in [0.1, 0.15) is 0 Å². The molecule has 0 aliphatic heterocycles. The lowest BCUT2D eigenvalue weighted by Crippen LogP contribution is -1.98. The highest BCUT2D eigenvalue weighted by atomic mass is 14.2. The topological polar surface area (TPSA) is 0 Å². The summed E-state index contributed by atoms with van der Waals surface area (Å²) < 4.78 is 0. The fraction of sp³-hybridized carbons (Fsp3) is 0.375. The maximum atomic E-state index is 4.14. The molecule has 2 aromatic carbocycles. The van der Waals surface area contributed by atoms with Gasteiger partial charge in [-0.2, -0.15) is 0 Å². The number of rotatable bonds is 4.